The molecule has 0 aliphatic carbocycles. The number of ether oxygens (including phenoxy) is 2. The van der Waals surface area contributed by atoms with Crippen molar-refractivity contribution in [1.82, 2.24) is 5.32 Å². The van der Waals surface area contributed by atoms with Crippen LogP contribution in [0.4, 0.5) is 4.79 Å². The lowest BCUT2D eigenvalue weighted by atomic mass is 9.87. The lowest BCUT2D eigenvalue weighted by molar-refractivity contribution is -0.149. The summed E-state index contributed by atoms with van der Waals surface area (Å²) in [7, 11) is 0. The third kappa shape index (κ3) is 7.70. The maximum Gasteiger partial charge on any atom is 0.407 e. The molecule has 0 saturated carbocycles. The van der Waals surface area contributed by atoms with Crippen LogP contribution in [0, 0.1) is 5.41 Å². The molecule has 0 spiro atoms. The van der Waals surface area contributed by atoms with Crippen LogP contribution < -0.4 is 5.32 Å². The molecular weight excluding hydrogens is 246 g/mol. The van der Waals surface area contributed by atoms with Crippen LogP contribution in [-0.2, 0) is 14.3 Å². The Morgan fingerprint density at radius 3 is 2.21 bits per heavy atom. The minimum absolute atomic E-state index is 0.272. The molecule has 0 rings (SSSR count). The molecule has 5 heteroatoms. The molecule has 0 saturated heterocycles. The largest absolute Gasteiger partial charge is 0.464 e. The van der Waals surface area contributed by atoms with E-state index >= 15 is 0 Å². The first kappa shape index (κ1) is 17.7. The summed E-state index contributed by atoms with van der Waals surface area (Å²) in [5.41, 5.74) is -0.422. The summed E-state index contributed by atoms with van der Waals surface area (Å²) in [6, 6.07) is -0.701. The van der Waals surface area contributed by atoms with Gasteiger partial charge in [-0.3, -0.25) is 0 Å². The highest BCUT2D eigenvalue weighted by molar-refractivity contribution is 5.82. The Labute approximate surface area is 116 Å². The van der Waals surface area contributed by atoms with Crippen molar-refractivity contribution in [1.29, 1.82) is 0 Å². The molecule has 0 radical (unpaired) electrons. The fourth-order valence-electron chi connectivity index (χ4n) is 1.53. The number of nitrogens with one attached hydrogen (secondary N) is 1. The van der Waals surface area contributed by atoms with E-state index in [0.717, 1.165) is 19.3 Å². The highest BCUT2D eigenvalue weighted by Gasteiger charge is 2.34. The standard InChI is InChI=1S/C14H27NO4/c1-6-8-9-10-19-12(16)11(14(3,4)5)15-13(17)18-7-2/h11H,6-10H2,1-5H3,(H,15,17). The summed E-state index contributed by atoms with van der Waals surface area (Å²) in [6.07, 6.45) is 2.35. The molecule has 1 unspecified atom stereocenters. The highest BCUT2D eigenvalue weighted by atomic mass is 16.6. The summed E-state index contributed by atoms with van der Waals surface area (Å²) in [4.78, 5) is 23.4. The summed E-state index contributed by atoms with van der Waals surface area (Å²) in [6.45, 7) is 10.1. The Bertz CT molecular complexity index is 284. The van der Waals surface area contributed by atoms with Gasteiger partial charge in [0.15, 0.2) is 0 Å². The summed E-state index contributed by atoms with van der Waals surface area (Å²) in [5.74, 6) is -0.406. The fourth-order valence-corrected chi connectivity index (χ4v) is 1.53. The first-order valence-corrected chi connectivity index (χ1v) is 6.92. The Kier molecular flexibility index (Phi) is 8.19. The van der Waals surface area contributed by atoms with Gasteiger partial charge in [-0.25, -0.2) is 9.59 Å². The average Bonchev–Trinajstić information content (AvgIpc) is 2.30. The van der Waals surface area contributed by atoms with Crippen molar-refractivity contribution in [3.05, 3.63) is 0 Å². The molecule has 0 aromatic heterocycles. The van der Waals surface area contributed by atoms with Crippen molar-refractivity contribution in [3.63, 3.8) is 0 Å². The second-order valence-corrected chi connectivity index (χ2v) is 5.54. The van der Waals surface area contributed by atoms with E-state index in [4.69, 9.17) is 9.47 Å². The molecule has 0 heterocycles. The monoisotopic (exact) mass is 273 g/mol. The minimum Gasteiger partial charge on any atom is -0.464 e. The third-order valence-corrected chi connectivity index (χ3v) is 2.63. The van der Waals surface area contributed by atoms with Crippen LogP contribution in [0.3, 0.4) is 0 Å². The minimum atomic E-state index is -0.701. The second kappa shape index (κ2) is 8.77. The normalized spacial score (nSPS) is 12.7. The molecule has 19 heavy (non-hydrogen) atoms. The van der Waals surface area contributed by atoms with Gasteiger partial charge in [-0.15, -0.1) is 0 Å². The van der Waals surface area contributed by atoms with Crippen molar-refractivity contribution in [3.8, 4) is 0 Å². The number of carbonyl (C=O) groups excluding carboxylic acids is 2. The number of rotatable bonds is 7. The number of unbranched alkanes of at least 4 members (excludes halogenated alkanes) is 2. The van der Waals surface area contributed by atoms with E-state index in [1.165, 1.54) is 0 Å². The van der Waals surface area contributed by atoms with Gasteiger partial charge in [0.2, 0.25) is 0 Å². The maximum atomic E-state index is 12.0. The van der Waals surface area contributed by atoms with Crippen LogP contribution in [0.1, 0.15) is 53.9 Å². The maximum absolute atomic E-state index is 12.0. The number of amides is 1. The smallest absolute Gasteiger partial charge is 0.407 e. The van der Waals surface area contributed by atoms with Crippen molar-refractivity contribution in [2.24, 2.45) is 5.41 Å². The Morgan fingerprint density at radius 1 is 1.11 bits per heavy atom. The number of carbonyl (C=O) groups is 2. The van der Waals surface area contributed by atoms with Crippen molar-refractivity contribution < 1.29 is 19.1 Å². The van der Waals surface area contributed by atoms with Gasteiger partial charge in [0.05, 0.1) is 13.2 Å². The molecule has 1 atom stereocenters. The van der Waals surface area contributed by atoms with Crippen LogP contribution in [0.5, 0.6) is 0 Å². The first-order chi connectivity index (χ1) is 8.82. The van der Waals surface area contributed by atoms with Crippen LogP contribution in [-0.4, -0.2) is 31.3 Å². The zero-order valence-corrected chi connectivity index (χ0v) is 12.7. The van der Waals surface area contributed by atoms with Crippen molar-refractivity contribution in [2.45, 2.75) is 59.9 Å². The van der Waals surface area contributed by atoms with E-state index in [1.54, 1.807) is 6.92 Å². The van der Waals surface area contributed by atoms with Crippen LogP contribution in [0.15, 0.2) is 0 Å². The first-order valence-electron chi connectivity index (χ1n) is 6.92. The van der Waals surface area contributed by atoms with Crippen molar-refractivity contribution >= 4 is 12.1 Å². The van der Waals surface area contributed by atoms with E-state index in [1.807, 2.05) is 20.8 Å². The number of hydrogen-bond acceptors (Lipinski definition) is 4. The number of alkyl carbamates (subject to hydrolysis) is 1. The molecule has 5 nitrogen and oxygen atoms in total. The van der Waals surface area contributed by atoms with Gasteiger partial charge >= 0.3 is 12.1 Å². The van der Waals surface area contributed by atoms with Crippen molar-refractivity contribution in [2.75, 3.05) is 13.2 Å². The summed E-state index contributed by atoms with van der Waals surface area (Å²) < 4.78 is 10.0. The molecule has 0 bridgehead atoms. The van der Waals surface area contributed by atoms with E-state index < -0.39 is 23.5 Å². The fraction of sp³-hybridized carbons (Fsp3) is 0.857. The van der Waals surface area contributed by atoms with E-state index in [0.29, 0.717) is 6.61 Å². The Hall–Kier alpha value is -1.26. The van der Waals surface area contributed by atoms with Crippen LogP contribution in [0.25, 0.3) is 0 Å². The highest BCUT2D eigenvalue weighted by Crippen LogP contribution is 2.20. The zero-order valence-electron chi connectivity index (χ0n) is 12.7. The molecule has 112 valence electrons. The topological polar surface area (TPSA) is 64.6 Å². The quantitative estimate of drug-likeness (QED) is 0.572. The van der Waals surface area contributed by atoms with Gasteiger partial charge in [0.25, 0.3) is 0 Å². The van der Waals surface area contributed by atoms with Gasteiger partial charge in [-0.2, -0.15) is 0 Å². The second-order valence-electron chi connectivity index (χ2n) is 5.54. The number of esters is 1. The molecule has 0 aliphatic rings. The lowest BCUT2D eigenvalue weighted by Crippen LogP contribution is -2.50. The summed E-state index contributed by atoms with van der Waals surface area (Å²) >= 11 is 0. The zero-order chi connectivity index (χ0) is 14.9. The molecule has 0 aliphatic heterocycles. The Balaban J connectivity index is 4.41. The molecule has 0 aromatic rings. The predicted molar refractivity (Wildman–Crippen MR) is 73.9 cm³/mol. The SMILES string of the molecule is CCCCCOC(=O)C(NC(=O)OCC)C(C)(C)C. The molecule has 1 amide bonds. The molecule has 1 N–H and O–H groups in total. The van der Waals surface area contributed by atoms with Gasteiger partial charge in [0.1, 0.15) is 6.04 Å². The van der Waals surface area contributed by atoms with Gasteiger partial charge in [0, 0.05) is 0 Å². The van der Waals surface area contributed by atoms with Gasteiger partial charge < -0.3 is 14.8 Å². The van der Waals surface area contributed by atoms with Gasteiger partial charge in [-0.1, -0.05) is 40.5 Å². The van der Waals surface area contributed by atoms with Gasteiger partial charge in [-0.05, 0) is 18.8 Å². The van der Waals surface area contributed by atoms with E-state index in [2.05, 4.69) is 12.2 Å². The predicted octanol–water partition coefficient (Wildman–Crippen LogP) is 2.88. The average molecular weight is 273 g/mol. The molecule has 0 aromatic carbocycles. The molecule has 0 fully saturated rings. The summed E-state index contributed by atoms with van der Waals surface area (Å²) in [5, 5.41) is 2.56. The number of hydrogen-bond donors (Lipinski definition) is 1. The Morgan fingerprint density at radius 2 is 1.74 bits per heavy atom. The molecular formula is C14H27NO4. The van der Waals surface area contributed by atoms with E-state index in [9.17, 15) is 9.59 Å². The van der Waals surface area contributed by atoms with Crippen LogP contribution in [0.2, 0.25) is 0 Å². The van der Waals surface area contributed by atoms with Crippen LogP contribution >= 0.6 is 0 Å². The third-order valence-electron chi connectivity index (χ3n) is 2.63. The van der Waals surface area contributed by atoms with E-state index in [-0.39, 0.29) is 6.61 Å². The lowest BCUT2D eigenvalue weighted by Gasteiger charge is -2.29.